The van der Waals surface area contributed by atoms with Crippen LogP contribution < -0.4 is 5.46 Å². The number of nitrogens with one attached hydrogen (secondary N) is 1. The predicted molar refractivity (Wildman–Crippen MR) is 77.4 cm³/mol. The summed E-state index contributed by atoms with van der Waals surface area (Å²) in [6.45, 7) is 12.2. The van der Waals surface area contributed by atoms with Crippen molar-refractivity contribution in [2.45, 2.75) is 59.2 Å². The fraction of sp³-hybridized carbons (Fsp3) is 0.692. The summed E-state index contributed by atoms with van der Waals surface area (Å²) in [6, 6.07) is 0. The molecule has 0 atom stereocenters. The second-order valence-electron chi connectivity index (χ2n) is 5.96. The Balaban J connectivity index is 2.29. The van der Waals surface area contributed by atoms with Crippen molar-refractivity contribution < 1.29 is 9.31 Å². The van der Waals surface area contributed by atoms with Crippen LogP contribution in [0.1, 0.15) is 48.0 Å². The Kier molecular flexibility index (Phi) is 3.58. The summed E-state index contributed by atoms with van der Waals surface area (Å²) in [5.74, 6) is 0.720. The summed E-state index contributed by atoms with van der Waals surface area (Å²) < 4.78 is 12.0. The maximum absolute atomic E-state index is 6.01. The molecule has 0 unspecified atom stereocenters. The molecule has 5 nitrogen and oxygen atoms in total. The average Bonchev–Trinajstić information content (AvgIpc) is 2.82. The lowest BCUT2D eigenvalue weighted by Gasteiger charge is -2.32. The van der Waals surface area contributed by atoms with Gasteiger partial charge >= 0.3 is 7.12 Å². The normalized spacial score (nSPS) is 22.0. The molecule has 0 spiro atoms. The highest BCUT2D eigenvalue weighted by molar-refractivity contribution is 6.63. The van der Waals surface area contributed by atoms with Gasteiger partial charge in [0, 0.05) is 11.2 Å². The Labute approximate surface area is 114 Å². The molecule has 0 saturated carbocycles. The smallest absolute Gasteiger partial charge is 0.399 e. The van der Waals surface area contributed by atoms with Gasteiger partial charge in [0.1, 0.15) is 5.82 Å². The van der Waals surface area contributed by atoms with Crippen LogP contribution in [0.5, 0.6) is 0 Å². The molecular formula is C13H22BN3O2. The van der Waals surface area contributed by atoms with Crippen molar-refractivity contribution in [1.82, 2.24) is 10.2 Å². The number of nitrogens with zero attached hydrogens (tertiary/aromatic N) is 2. The third-order valence-electron chi connectivity index (χ3n) is 3.97. The maximum atomic E-state index is 6.01. The monoisotopic (exact) mass is 263 g/mol. The van der Waals surface area contributed by atoms with Crippen LogP contribution >= 0.6 is 0 Å². The third kappa shape index (κ3) is 2.60. The van der Waals surface area contributed by atoms with Crippen LogP contribution in [-0.2, 0) is 9.31 Å². The van der Waals surface area contributed by atoms with Crippen LogP contribution in [0.15, 0.2) is 11.2 Å². The molecule has 0 bridgehead atoms. The lowest BCUT2D eigenvalue weighted by Crippen LogP contribution is -2.41. The molecule has 1 aromatic rings. The van der Waals surface area contributed by atoms with Crippen molar-refractivity contribution in [3.63, 3.8) is 0 Å². The summed E-state index contributed by atoms with van der Waals surface area (Å²) in [6.07, 6.45) is 2.63. The van der Waals surface area contributed by atoms with Gasteiger partial charge in [0.05, 0.1) is 17.4 Å². The number of rotatable bonds is 3. The minimum atomic E-state index is -0.424. The Hall–Kier alpha value is -1.14. The van der Waals surface area contributed by atoms with Crippen LogP contribution in [0.25, 0.3) is 0 Å². The largest absolute Gasteiger partial charge is 0.500 e. The van der Waals surface area contributed by atoms with E-state index in [9.17, 15) is 0 Å². The maximum Gasteiger partial charge on any atom is 0.500 e. The van der Waals surface area contributed by atoms with Crippen LogP contribution in [0.4, 0.5) is 5.82 Å². The van der Waals surface area contributed by atoms with Crippen molar-refractivity contribution in [2.75, 3.05) is 0 Å². The topological polar surface area (TPSA) is 59.5 Å². The van der Waals surface area contributed by atoms with E-state index in [1.165, 1.54) is 0 Å². The molecule has 1 aliphatic heterocycles. The zero-order chi connectivity index (χ0) is 14.3. The van der Waals surface area contributed by atoms with E-state index in [-0.39, 0.29) is 11.2 Å². The number of hydrogen-bond acceptors (Lipinski definition) is 4. The minimum Gasteiger partial charge on any atom is -0.399 e. The fourth-order valence-electron chi connectivity index (χ4n) is 1.79. The van der Waals surface area contributed by atoms with Gasteiger partial charge in [0.25, 0.3) is 0 Å². The van der Waals surface area contributed by atoms with Gasteiger partial charge in [-0.3, -0.25) is 5.10 Å². The Morgan fingerprint density at radius 1 is 1.32 bits per heavy atom. The van der Waals surface area contributed by atoms with E-state index in [1.807, 2.05) is 34.6 Å². The number of aliphatic imine (C=N–C) groups is 1. The highest BCUT2D eigenvalue weighted by Crippen LogP contribution is 2.36. The summed E-state index contributed by atoms with van der Waals surface area (Å²) in [7, 11) is -0.424. The van der Waals surface area contributed by atoms with Gasteiger partial charge in [0.15, 0.2) is 0 Å². The van der Waals surface area contributed by atoms with Gasteiger partial charge in [-0.25, -0.2) is 4.99 Å². The second kappa shape index (κ2) is 4.76. The molecule has 1 N–H and O–H groups in total. The van der Waals surface area contributed by atoms with E-state index in [4.69, 9.17) is 9.31 Å². The van der Waals surface area contributed by atoms with Crippen molar-refractivity contribution in [3.8, 4) is 0 Å². The summed E-state index contributed by atoms with van der Waals surface area (Å²) >= 11 is 0. The molecule has 104 valence electrons. The molecule has 1 aromatic heterocycles. The molecule has 0 aromatic carbocycles. The van der Waals surface area contributed by atoms with Crippen molar-refractivity contribution in [2.24, 2.45) is 4.99 Å². The van der Waals surface area contributed by atoms with Gasteiger partial charge in [-0.05, 0) is 41.0 Å². The van der Waals surface area contributed by atoms with E-state index in [2.05, 4.69) is 22.1 Å². The Bertz CT molecular complexity index is 478. The molecule has 0 radical (unpaired) electrons. The highest BCUT2D eigenvalue weighted by atomic mass is 16.7. The van der Waals surface area contributed by atoms with E-state index < -0.39 is 7.12 Å². The molecule has 2 rings (SSSR count). The minimum absolute atomic E-state index is 0.351. The Morgan fingerprint density at radius 3 is 2.42 bits per heavy atom. The van der Waals surface area contributed by atoms with Gasteiger partial charge in [0.2, 0.25) is 0 Å². The van der Waals surface area contributed by atoms with E-state index in [1.54, 1.807) is 6.20 Å². The van der Waals surface area contributed by atoms with Gasteiger partial charge in [-0.2, -0.15) is 5.10 Å². The number of aromatic nitrogens is 2. The molecule has 1 saturated heterocycles. The van der Waals surface area contributed by atoms with Crippen LogP contribution in [0.2, 0.25) is 0 Å². The van der Waals surface area contributed by atoms with E-state index >= 15 is 0 Å². The van der Waals surface area contributed by atoms with Crippen molar-refractivity contribution in [1.29, 1.82) is 0 Å². The zero-order valence-corrected chi connectivity index (χ0v) is 12.6. The van der Waals surface area contributed by atoms with Crippen molar-refractivity contribution in [3.05, 3.63) is 6.20 Å². The molecule has 6 heteroatoms. The first-order chi connectivity index (χ1) is 8.77. The SMILES string of the molecule is CC/C(C)=N/c1[nH]ncc1B1OC(C)(C)C(C)(C)O1. The standard InChI is InChI=1S/C13H22BN3O2/c1-7-9(2)16-11-10(8-15-17-11)14-18-12(3,4)13(5,6)19-14/h8H,7H2,1-6H3,(H,15,17)/b16-9+. The molecule has 0 aliphatic carbocycles. The predicted octanol–water partition coefficient (Wildman–Crippen LogP) is 2.21. The number of aromatic amines is 1. The average molecular weight is 263 g/mol. The quantitative estimate of drug-likeness (QED) is 0.671. The van der Waals surface area contributed by atoms with Crippen molar-refractivity contribution >= 4 is 24.1 Å². The lowest BCUT2D eigenvalue weighted by molar-refractivity contribution is 0.00578. The molecule has 1 fully saturated rings. The fourth-order valence-corrected chi connectivity index (χ4v) is 1.79. The third-order valence-corrected chi connectivity index (χ3v) is 3.97. The van der Waals surface area contributed by atoms with Gasteiger partial charge in [-0.15, -0.1) is 0 Å². The summed E-state index contributed by atoms with van der Waals surface area (Å²) in [4.78, 5) is 4.52. The van der Waals surface area contributed by atoms with E-state index in [0.717, 1.165) is 23.4 Å². The second-order valence-corrected chi connectivity index (χ2v) is 5.96. The highest BCUT2D eigenvalue weighted by Gasteiger charge is 2.52. The van der Waals surface area contributed by atoms with Crippen LogP contribution in [0.3, 0.4) is 0 Å². The summed E-state index contributed by atoms with van der Waals surface area (Å²) in [5, 5.41) is 6.96. The first-order valence-corrected chi connectivity index (χ1v) is 6.70. The number of H-pyrrole nitrogens is 1. The molecule has 2 heterocycles. The van der Waals surface area contributed by atoms with Gasteiger partial charge in [-0.1, -0.05) is 6.92 Å². The molecule has 1 aliphatic rings. The van der Waals surface area contributed by atoms with Crippen LogP contribution in [-0.4, -0.2) is 34.2 Å². The molecule has 0 amide bonds. The van der Waals surface area contributed by atoms with E-state index in [0.29, 0.717) is 0 Å². The zero-order valence-electron chi connectivity index (χ0n) is 12.6. The van der Waals surface area contributed by atoms with Crippen LogP contribution in [0, 0.1) is 0 Å². The van der Waals surface area contributed by atoms with Gasteiger partial charge < -0.3 is 9.31 Å². The molecular weight excluding hydrogens is 241 g/mol. The molecule has 19 heavy (non-hydrogen) atoms. The Morgan fingerprint density at radius 2 is 1.89 bits per heavy atom. The summed E-state index contributed by atoms with van der Waals surface area (Å²) in [5.41, 5.74) is 1.19. The first kappa shape index (κ1) is 14.3. The lowest BCUT2D eigenvalue weighted by atomic mass is 9.81. The first-order valence-electron chi connectivity index (χ1n) is 6.70. The number of hydrogen-bond donors (Lipinski definition) is 1.